The van der Waals surface area contributed by atoms with Crippen LogP contribution in [0.4, 0.5) is 57.4 Å². The summed E-state index contributed by atoms with van der Waals surface area (Å²) in [6.45, 7) is 16.8. The molecule has 0 saturated carbocycles. The largest absolute Gasteiger partial charge is 0.486 e. The molecule has 2 amide bonds. The van der Waals surface area contributed by atoms with Crippen LogP contribution in [0.5, 0.6) is 11.5 Å². The number of benzene rings is 4. The Balaban J connectivity index is 0.695. The summed E-state index contributed by atoms with van der Waals surface area (Å²) < 4.78 is 24.1. The Morgan fingerprint density at radius 1 is 0.533 bits per heavy atom. The van der Waals surface area contributed by atoms with E-state index in [1.165, 1.54) is 18.7 Å². The van der Waals surface area contributed by atoms with E-state index in [0.717, 1.165) is 66.4 Å². The van der Waals surface area contributed by atoms with E-state index in [2.05, 4.69) is 112 Å². The Morgan fingerprint density at radius 2 is 1.05 bits per heavy atom. The molecule has 0 spiro atoms. The van der Waals surface area contributed by atoms with Crippen LogP contribution in [0.25, 0.3) is 0 Å². The minimum atomic E-state index is -0.248. The molecule has 482 valence electrons. The Kier molecular flexibility index (Phi) is 26.2. The van der Waals surface area contributed by atoms with E-state index < -0.39 is 0 Å². The minimum Gasteiger partial charge on any atom is -0.486 e. The molecule has 8 aromatic rings. The monoisotopic (exact) mass is 1280 g/mol. The second kappa shape index (κ2) is 35.0. The van der Waals surface area contributed by atoms with Crippen LogP contribution in [0.3, 0.4) is 0 Å². The van der Waals surface area contributed by atoms with Crippen molar-refractivity contribution in [3.63, 3.8) is 0 Å². The van der Waals surface area contributed by atoms with Crippen molar-refractivity contribution in [3.8, 4) is 11.5 Å². The van der Waals surface area contributed by atoms with E-state index in [9.17, 15) is 9.59 Å². The third kappa shape index (κ3) is 24.0. The van der Waals surface area contributed by atoms with Gasteiger partial charge in [0.25, 0.3) is 0 Å². The number of hydrogen-bond acceptors (Lipinski definition) is 18. The minimum absolute atomic E-state index is 0.0274. The van der Waals surface area contributed by atoms with Gasteiger partial charge in [0.15, 0.2) is 0 Å². The highest BCUT2D eigenvalue weighted by Crippen LogP contribution is 2.33. The van der Waals surface area contributed by atoms with Crippen LogP contribution < -0.4 is 41.4 Å². The van der Waals surface area contributed by atoms with Gasteiger partial charge in [-0.3, -0.25) is 19.6 Å². The van der Waals surface area contributed by atoms with Crippen molar-refractivity contribution >= 4 is 92.4 Å². The predicted octanol–water partition coefficient (Wildman–Crippen LogP) is 14.5. The predicted molar refractivity (Wildman–Crippen MR) is 368 cm³/mol. The first-order valence-electron chi connectivity index (χ1n) is 30.5. The van der Waals surface area contributed by atoms with Crippen molar-refractivity contribution in [2.24, 2.45) is 10.8 Å². The molecule has 4 aromatic carbocycles. The first-order valence-corrected chi connectivity index (χ1v) is 31.2. The molecular weight excluding hydrogens is 1200 g/mol. The number of halogens is 2. The highest BCUT2D eigenvalue weighted by atomic mass is 35.5. The molecule has 0 saturated heterocycles. The third-order valence-corrected chi connectivity index (χ3v) is 15.0. The molecule has 0 bridgehead atoms. The van der Waals surface area contributed by atoms with E-state index in [-0.39, 0.29) is 29.3 Å². The summed E-state index contributed by atoms with van der Waals surface area (Å²) in [7, 11) is 4.03. The number of amides is 2. The van der Waals surface area contributed by atoms with Gasteiger partial charge in [0.2, 0.25) is 11.8 Å². The number of carbonyl (C=O) groups is 2. The molecule has 0 unspecified atom stereocenters. The van der Waals surface area contributed by atoms with E-state index in [1.807, 2.05) is 117 Å². The summed E-state index contributed by atoms with van der Waals surface area (Å²) in [5.74, 6) is 2.79. The van der Waals surface area contributed by atoms with Crippen molar-refractivity contribution < 1.29 is 28.5 Å². The maximum absolute atomic E-state index is 12.9. The van der Waals surface area contributed by atoms with Crippen LogP contribution in [-0.2, 0) is 38.7 Å². The van der Waals surface area contributed by atoms with Crippen LogP contribution in [0, 0.1) is 10.8 Å². The highest BCUT2D eigenvalue weighted by molar-refractivity contribution is 6.32. The Bertz CT molecular complexity index is 3730. The molecule has 4 aromatic heterocycles. The normalized spacial score (nSPS) is 11.7. The molecule has 0 fully saturated rings. The molecule has 20 nitrogen and oxygen atoms in total. The molecule has 0 aliphatic carbocycles. The topological polar surface area (TPSA) is 227 Å². The molecular formula is C70H82Cl2N14O6. The SMILES string of the molecule is CCC(C)(C)COCC(C)(C)CN(C)CC=CC(=O)Nc1cccc(Nc2cc(Nc3ccc(OCc4ncccc4CCCOCCN(C)CC=CC(=O)Nc4cccc(Nc5cc(Nc6ccc(OCc7ccccn7)c(Cl)c6)ncn5)c4)c(Cl)c3)ncn2)c1. The van der Waals surface area contributed by atoms with Crippen molar-refractivity contribution in [3.05, 3.63) is 204 Å². The molecule has 92 heavy (non-hydrogen) atoms. The van der Waals surface area contributed by atoms with Crippen LogP contribution in [-0.4, -0.2) is 118 Å². The third-order valence-electron chi connectivity index (χ3n) is 14.4. The van der Waals surface area contributed by atoms with Gasteiger partial charge in [-0.15, -0.1) is 0 Å². The zero-order valence-electron chi connectivity index (χ0n) is 53.2. The Labute approximate surface area is 549 Å². The number of ether oxygens (including phenoxy) is 4. The molecule has 0 aliphatic rings. The first-order chi connectivity index (χ1) is 44.4. The maximum atomic E-state index is 12.9. The van der Waals surface area contributed by atoms with Gasteiger partial charge in [0, 0.05) is 109 Å². The van der Waals surface area contributed by atoms with Crippen LogP contribution >= 0.6 is 23.2 Å². The zero-order chi connectivity index (χ0) is 65.1. The van der Waals surface area contributed by atoms with Gasteiger partial charge in [-0.2, -0.15) is 0 Å². The fourth-order valence-corrected chi connectivity index (χ4v) is 9.77. The summed E-state index contributed by atoms with van der Waals surface area (Å²) in [5, 5.41) is 19.9. The molecule has 0 radical (unpaired) electrons. The molecule has 0 atom stereocenters. The lowest BCUT2D eigenvalue weighted by molar-refractivity contribution is -0.112. The van der Waals surface area contributed by atoms with Gasteiger partial charge in [-0.1, -0.05) is 94.2 Å². The highest BCUT2D eigenvalue weighted by Gasteiger charge is 2.23. The Hall–Kier alpha value is -9.02. The number of likely N-dealkylation sites (N-methyl/N-ethyl adjacent to an activating group) is 2. The number of pyridine rings is 2. The molecule has 22 heteroatoms. The second-order valence-corrected chi connectivity index (χ2v) is 24.5. The van der Waals surface area contributed by atoms with Gasteiger partial charge >= 0.3 is 0 Å². The van der Waals surface area contributed by atoms with Crippen molar-refractivity contribution in [2.75, 3.05) is 98.6 Å². The number of hydrogen-bond donors (Lipinski definition) is 6. The number of aryl methyl sites for hydroxylation is 1. The summed E-state index contributed by atoms with van der Waals surface area (Å²) in [4.78, 5) is 56.4. The van der Waals surface area contributed by atoms with E-state index in [4.69, 9.17) is 42.1 Å². The number of nitrogens with zero attached hydrogens (tertiary/aromatic N) is 8. The lowest BCUT2D eigenvalue weighted by Gasteiger charge is -2.31. The van der Waals surface area contributed by atoms with E-state index in [0.29, 0.717) is 108 Å². The fourth-order valence-electron chi connectivity index (χ4n) is 9.30. The van der Waals surface area contributed by atoms with Crippen molar-refractivity contribution in [2.45, 2.75) is 67.1 Å². The number of nitrogens with one attached hydrogen (secondary N) is 6. The smallest absolute Gasteiger partial charge is 0.248 e. The number of aromatic nitrogens is 6. The molecule has 6 N–H and O–H groups in total. The molecule has 8 rings (SSSR count). The van der Waals surface area contributed by atoms with Gasteiger partial charge in [0.05, 0.1) is 41.3 Å². The van der Waals surface area contributed by atoms with Crippen molar-refractivity contribution in [1.29, 1.82) is 0 Å². The standard InChI is InChI=1S/C70H82Cl2N14O6/c1-8-69(2,3)46-90-47-70(4,5)45-86(7)33-15-25-68(88)84-54-23-12-21-52(38-54)80-64-42-66(78-49-76-64)82-56-27-29-62(59(72)40-56)92-44-60-50(17-13-31-74-60)18-16-35-89-36-34-85(6)32-14-24-67(87)83-53-22-11-20-51(37-53)79-63-41-65(77-48-75-63)81-55-26-28-61(58(71)39-55)91-43-57-19-9-10-30-73-57/h9-15,17,19-31,37-42,48-49H,8,16,18,32-36,43-47H2,1-7H3,(H,83,87)(H,84,88)(H2,75,77,79,81)(H2,76,78,80,82). The summed E-state index contributed by atoms with van der Waals surface area (Å²) >= 11 is 13.3. The second-order valence-electron chi connectivity index (χ2n) is 23.7. The van der Waals surface area contributed by atoms with Gasteiger partial charge in [-0.25, -0.2) is 19.9 Å². The summed E-state index contributed by atoms with van der Waals surface area (Å²) in [5.41, 5.74) is 6.98. The Morgan fingerprint density at radius 3 is 1.60 bits per heavy atom. The summed E-state index contributed by atoms with van der Waals surface area (Å²) in [6, 6.07) is 38.8. The van der Waals surface area contributed by atoms with Gasteiger partial charge in [-0.05, 0) is 135 Å². The van der Waals surface area contributed by atoms with Crippen LogP contribution in [0.15, 0.2) is 177 Å². The van der Waals surface area contributed by atoms with Crippen LogP contribution in [0.2, 0.25) is 10.0 Å². The van der Waals surface area contributed by atoms with Crippen molar-refractivity contribution in [1.82, 2.24) is 39.7 Å². The van der Waals surface area contributed by atoms with Crippen LogP contribution in [0.1, 0.15) is 64.4 Å². The lowest BCUT2D eigenvalue weighted by Crippen LogP contribution is -2.36. The number of anilines is 10. The number of carbonyl (C=O) groups excluding carboxylic acids is 2. The maximum Gasteiger partial charge on any atom is 0.248 e. The lowest BCUT2D eigenvalue weighted by atomic mass is 9.91. The zero-order valence-corrected chi connectivity index (χ0v) is 54.7. The first kappa shape index (κ1) is 68.9. The van der Waals surface area contributed by atoms with Gasteiger partial charge in [0.1, 0.15) is 60.6 Å². The average molecular weight is 1290 g/mol. The average Bonchev–Trinajstić information content (AvgIpc) is 2.38. The summed E-state index contributed by atoms with van der Waals surface area (Å²) in [6.07, 6.45) is 15.8. The number of rotatable bonds is 36. The van der Waals surface area contributed by atoms with Gasteiger partial charge < -0.3 is 60.6 Å². The quantitative estimate of drug-likeness (QED) is 0.0158. The molecule has 4 heterocycles. The molecule has 0 aliphatic heterocycles. The van der Waals surface area contributed by atoms with E-state index in [1.54, 1.807) is 48.8 Å². The fraction of sp³-hybridized carbons (Fsp3) is 0.314. The van der Waals surface area contributed by atoms with E-state index >= 15 is 0 Å².